The van der Waals surface area contributed by atoms with E-state index in [0.29, 0.717) is 18.9 Å². The lowest BCUT2D eigenvalue weighted by atomic mass is 10.0. The minimum atomic E-state index is -0.249. The van der Waals surface area contributed by atoms with E-state index in [4.69, 9.17) is 4.74 Å². The molecule has 2 atom stereocenters. The van der Waals surface area contributed by atoms with Gasteiger partial charge in [-0.05, 0) is 41.2 Å². The fourth-order valence-electron chi connectivity index (χ4n) is 3.14. The van der Waals surface area contributed by atoms with Crippen molar-refractivity contribution in [2.45, 2.75) is 44.8 Å². The number of amides is 1. The Kier molecular flexibility index (Phi) is 5.91. The van der Waals surface area contributed by atoms with Gasteiger partial charge < -0.3 is 10.1 Å². The summed E-state index contributed by atoms with van der Waals surface area (Å²) in [5.74, 6) is 1.35. The fraction of sp³-hybridized carbons (Fsp3) is 0.381. The lowest BCUT2D eigenvalue weighted by Gasteiger charge is -2.12. The molecule has 2 aromatic carbocycles. The largest absolute Gasteiger partial charge is 0.497 e. The van der Waals surface area contributed by atoms with Crippen LogP contribution in [-0.4, -0.2) is 19.1 Å². The number of rotatable bonds is 6. The van der Waals surface area contributed by atoms with Crippen molar-refractivity contribution in [1.29, 1.82) is 0 Å². The first-order valence-electron chi connectivity index (χ1n) is 9.08. The lowest BCUT2D eigenvalue weighted by molar-refractivity contribution is -0.123. The van der Waals surface area contributed by atoms with Gasteiger partial charge in [-0.15, -0.1) is 0 Å². The van der Waals surface area contributed by atoms with E-state index in [-0.39, 0.29) is 18.0 Å². The molecule has 0 saturated carbocycles. The van der Waals surface area contributed by atoms with Gasteiger partial charge in [-0.1, -0.05) is 50.2 Å². The van der Waals surface area contributed by atoms with Crippen LogP contribution in [0.1, 0.15) is 48.9 Å². The van der Waals surface area contributed by atoms with Gasteiger partial charge in [0, 0.05) is 12.6 Å². The Bertz CT molecular complexity index is 743. The summed E-state index contributed by atoms with van der Waals surface area (Å²) in [5.41, 5.74) is 9.83. The summed E-state index contributed by atoms with van der Waals surface area (Å²) < 4.78 is 5.27. The molecule has 1 saturated heterocycles. The second kappa shape index (κ2) is 8.34. The molecule has 5 nitrogen and oxygen atoms in total. The third-order valence-electron chi connectivity index (χ3n) is 4.83. The van der Waals surface area contributed by atoms with Gasteiger partial charge in [0.25, 0.3) is 0 Å². The van der Waals surface area contributed by atoms with Crippen molar-refractivity contribution >= 4 is 5.91 Å². The molecule has 1 heterocycles. The Morgan fingerprint density at radius 3 is 2.65 bits per heavy atom. The number of ether oxygens (including phenoxy) is 1. The van der Waals surface area contributed by atoms with Crippen LogP contribution in [0.4, 0.5) is 0 Å². The summed E-state index contributed by atoms with van der Waals surface area (Å²) in [6.45, 7) is 4.89. The number of hydrogen-bond donors (Lipinski definition) is 3. The molecule has 1 aliphatic rings. The van der Waals surface area contributed by atoms with Crippen LogP contribution in [0.2, 0.25) is 0 Å². The first kappa shape index (κ1) is 18.4. The van der Waals surface area contributed by atoms with Crippen molar-refractivity contribution < 1.29 is 9.53 Å². The Morgan fingerprint density at radius 2 is 1.96 bits per heavy atom. The summed E-state index contributed by atoms with van der Waals surface area (Å²) in [6, 6.07) is 16.2. The van der Waals surface area contributed by atoms with Crippen molar-refractivity contribution in [3.63, 3.8) is 0 Å². The van der Waals surface area contributed by atoms with Crippen LogP contribution in [0.25, 0.3) is 0 Å². The Balaban J connectivity index is 1.52. The maximum atomic E-state index is 12.5. The van der Waals surface area contributed by atoms with E-state index in [1.54, 1.807) is 7.11 Å². The zero-order valence-corrected chi connectivity index (χ0v) is 15.6. The van der Waals surface area contributed by atoms with Crippen molar-refractivity contribution in [1.82, 2.24) is 16.2 Å². The van der Waals surface area contributed by atoms with Crippen LogP contribution >= 0.6 is 0 Å². The van der Waals surface area contributed by atoms with Crippen molar-refractivity contribution in [3.8, 4) is 5.75 Å². The SMILES string of the molecule is COc1cccc(C2CC(C(=O)NCc3ccc(C(C)C)cc3)NN2)c1. The summed E-state index contributed by atoms with van der Waals surface area (Å²) >= 11 is 0. The minimum Gasteiger partial charge on any atom is -0.497 e. The molecule has 0 radical (unpaired) electrons. The molecule has 2 aromatic rings. The highest BCUT2D eigenvalue weighted by Crippen LogP contribution is 2.25. The summed E-state index contributed by atoms with van der Waals surface area (Å²) in [7, 11) is 1.66. The topological polar surface area (TPSA) is 62.4 Å². The molecule has 0 spiro atoms. The van der Waals surface area contributed by atoms with Gasteiger partial charge in [0.15, 0.2) is 0 Å². The minimum absolute atomic E-state index is 0.0100. The van der Waals surface area contributed by atoms with E-state index in [1.807, 2.05) is 24.3 Å². The standard InChI is InChI=1S/C21H27N3O2/c1-14(2)16-9-7-15(8-10-16)13-22-21(25)20-12-19(23-24-20)17-5-4-6-18(11-17)26-3/h4-11,14,19-20,23-24H,12-13H2,1-3H3,(H,22,25). The van der Waals surface area contributed by atoms with Crippen molar-refractivity contribution in [2.24, 2.45) is 0 Å². The van der Waals surface area contributed by atoms with Crippen LogP contribution in [0.3, 0.4) is 0 Å². The lowest BCUT2D eigenvalue weighted by Crippen LogP contribution is -2.42. The van der Waals surface area contributed by atoms with Gasteiger partial charge in [0.2, 0.25) is 5.91 Å². The molecule has 0 bridgehead atoms. The number of carbonyl (C=O) groups excluding carboxylic acids is 1. The number of nitrogens with one attached hydrogen (secondary N) is 3. The predicted octanol–water partition coefficient (Wildman–Crippen LogP) is 3.04. The molecule has 5 heteroatoms. The average Bonchev–Trinajstić information content (AvgIpc) is 3.17. The Morgan fingerprint density at radius 1 is 1.19 bits per heavy atom. The van der Waals surface area contributed by atoms with Gasteiger partial charge in [-0.2, -0.15) is 0 Å². The van der Waals surface area contributed by atoms with Gasteiger partial charge >= 0.3 is 0 Å². The molecule has 1 amide bonds. The zero-order chi connectivity index (χ0) is 18.5. The fourth-order valence-corrected chi connectivity index (χ4v) is 3.14. The van der Waals surface area contributed by atoms with E-state index in [9.17, 15) is 4.79 Å². The summed E-state index contributed by atoms with van der Waals surface area (Å²) in [6.07, 6.45) is 0.700. The maximum Gasteiger partial charge on any atom is 0.238 e. The molecule has 0 aliphatic carbocycles. The summed E-state index contributed by atoms with van der Waals surface area (Å²) in [4.78, 5) is 12.5. The van der Waals surface area contributed by atoms with Gasteiger partial charge in [-0.3, -0.25) is 4.79 Å². The van der Waals surface area contributed by atoms with Crippen molar-refractivity contribution in [3.05, 3.63) is 65.2 Å². The van der Waals surface area contributed by atoms with Gasteiger partial charge in [0.05, 0.1) is 7.11 Å². The molecule has 1 fully saturated rings. The van der Waals surface area contributed by atoms with Crippen molar-refractivity contribution in [2.75, 3.05) is 7.11 Å². The maximum absolute atomic E-state index is 12.5. The molecular formula is C21H27N3O2. The van der Waals surface area contributed by atoms with E-state index in [1.165, 1.54) is 5.56 Å². The predicted molar refractivity (Wildman–Crippen MR) is 103 cm³/mol. The second-order valence-corrected chi connectivity index (χ2v) is 7.02. The second-order valence-electron chi connectivity index (χ2n) is 7.02. The Hall–Kier alpha value is -2.37. The van der Waals surface area contributed by atoms with E-state index >= 15 is 0 Å². The molecule has 3 rings (SSSR count). The zero-order valence-electron chi connectivity index (χ0n) is 15.6. The smallest absolute Gasteiger partial charge is 0.238 e. The van der Waals surface area contributed by atoms with Gasteiger partial charge in [-0.25, -0.2) is 10.9 Å². The number of hydrazine groups is 1. The molecule has 138 valence electrons. The molecule has 0 aromatic heterocycles. The van der Waals surface area contributed by atoms with Crippen LogP contribution in [0.5, 0.6) is 5.75 Å². The quantitative estimate of drug-likeness (QED) is 0.747. The monoisotopic (exact) mass is 353 g/mol. The Labute approximate surface area is 155 Å². The van der Waals surface area contributed by atoms with Crippen LogP contribution in [0, 0.1) is 0 Å². The van der Waals surface area contributed by atoms with Crippen LogP contribution in [0.15, 0.2) is 48.5 Å². The van der Waals surface area contributed by atoms with E-state index < -0.39 is 0 Å². The third-order valence-corrected chi connectivity index (χ3v) is 4.83. The number of methoxy groups -OCH3 is 1. The first-order chi connectivity index (χ1) is 12.6. The normalized spacial score (nSPS) is 19.5. The van der Waals surface area contributed by atoms with Crippen LogP contribution < -0.4 is 20.9 Å². The van der Waals surface area contributed by atoms with Gasteiger partial charge in [0.1, 0.15) is 11.8 Å². The number of hydrogen-bond acceptors (Lipinski definition) is 4. The molecule has 1 aliphatic heterocycles. The third kappa shape index (κ3) is 4.42. The first-order valence-corrected chi connectivity index (χ1v) is 9.08. The van der Waals surface area contributed by atoms with E-state index in [2.05, 4.69) is 54.3 Å². The highest BCUT2D eigenvalue weighted by atomic mass is 16.5. The average molecular weight is 353 g/mol. The molecule has 3 N–H and O–H groups in total. The number of benzene rings is 2. The molecular weight excluding hydrogens is 326 g/mol. The van der Waals surface area contributed by atoms with Crippen LogP contribution in [-0.2, 0) is 11.3 Å². The highest BCUT2D eigenvalue weighted by Gasteiger charge is 2.30. The highest BCUT2D eigenvalue weighted by molar-refractivity contribution is 5.82. The van der Waals surface area contributed by atoms with E-state index in [0.717, 1.165) is 16.9 Å². The molecule has 26 heavy (non-hydrogen) atoms. The summed E-state index contributed by atoms with van der Waals surface area (Å²) in [5, 5.41) is 3.02. The molecule has 2 unspecified atom stereocenters. The number of carbonyl (C=O) groups is 1.